The van der Waals surface area contributed by atoms with E-state index < -0.39 is 33.8 Å². The molecule has 2 unspecified atom stereocenters. The maximum absolute atomic E-state index is 11.9. The summed E-state index contributed by atoms with van der Waals surface area (Å²) < 4.78 is 22.6. The van der Waals surface area contributed by atoms with Gasteiger partial charge in [-0.2, -0.15) is 0 Å². The summed E-state index contributed by atoms with van der Waals surface area (Å²) in [5, 5.41) is 14.1. The number of nitrogens with one attached hydrogen (secondary N) is 2. The Kier molecular flexibility index (Phi) is 4.47. The Balaban J connectivity index is 1.91. The standard InChI is InChI=1S/C11H17N3O6S/c15-9-4-14(8(3-12-9)11(17)18)5-10(16)13-7-1-2-21(19,20)6-7/h7-8H,1-6H2,(H,12,15)(H,13,16)(H,17,18). The van der Waals surface area contributed by atoms with Gasteiger partial charge >= 0.3 is 5.97 Å². The Morgan fingerprint density at radius 1 is 1.43 bits per heavy atom. The third-order valence-corrected chi connectivity index (χ3v) is 5.28. The van der Waals surface area contributed by atoms with Crippen molar-refractivity contribution >= 4 is 27.6 Å². The van der Waals surface area contributed by atoms with Crippen molar-refractivity contribution in [2.75, 3.05) is 31.1 Å². The predicted molar refractivity (Wildman–Crippen MR) is 71.2 cm³/mol. The van der Waals surface area contributed by atoms with E-state index in [1.165, 1.54) is 4.90 Å². The molecule has 2 saturated heterocycles. The summed E-state index contributed by atoms with van der Waals surface area (Å²) in [6, 6.07) is -1.40. The molecular weight excluding hydrogens is 302 g/mol. The topological polar surface area (TPSA) is 133 Å². The number of carbonyl (C=O) groups excluding carboxylic acids is 2. The molecule has 21 heavy (non-hydrogen) atoms. The molecule has 0 saturated carbocycles. The molecule has 0 bridgehead atoms. The summed E-state index contributed by atoms with van der Waals surface area (Å²) in [5.74, 6) is -1.99. The van der Waals surface area contributed by atoms with Crippen LogP contribution in [-0.4, -0.2) is 79.4 Å². The summed E-state index contributed by atoms with van der Waals surface area (Å²) in [6.07, 6.45) is 0.358. The van der Waals surface area contributed by atoms with E-state index in [1.54, 1.807) is 0 Å². The molecular formula is C11H17N3O6S. The van der Waals surface area contributed by atoms with Gasteiger partial charge in [-0.25, -0.2) is 8.42 Å². The molecule has 2 aliphatic heterocycles. The minimum atomic E-state index is -3.09. The highest BCUT2D eigenvalue weighted by Crippen LogP contribution is 2.11. The lowest BCUT2D eigenvalue weighted by atomic mass is 10.2. The molecule has 2 fully saturated rings. The lowest BCUT2D eigenvalue weighted by Gasteiger charge is -2.32. The van der Waals surface area contributed by atoms with Crippen molar-refractivity contribution in [3.05, 3.63) is 0 Å². The molecule has 10 heteroatoms. The fourth-order valence-corrected chi connectivity index (χ4v) is 4.14. The lowest BCUT2D eigenvalue weighted by molar-refractivity contribution is -0.146. The van der Waals surface area contributed by atoms with Crippen LogP contribution in [0.4, 0.5) is 0 Å². The van der Waals surface area contributed by atoms with E-state index in [4.69, 9.17) is 5.11 Å². The summed E-state index contributed by atoms with van der Waals surface area (Å²) in [5.41, 5.74) is 0. The van der Waals surface area contributed by atoms with Crippen LogP contribution in [0.5, 0.6) is 0 Å². The largest absolute Gasteiger partial charge is 0.480 e. The molecule has 0 aromatic rings. The fraction of sp³-hybridized carbons (Fsp3) is 0.727. The first-order valence-corrected chi connectivity index (χ1v) is 8.32. The van der Waals surface area contributed by atoms with Crippen LogP contribution in [-0.2, 0) is 24.2 Å². The molecule has 3 N–H and O–H groups in total. The van der Waals surface area contributed by atoms with Gasteiger partial charge in [-0.1, -0.05) is 0 Å². The number of carboxylic acids is 1. The van der Waals surface area contributed by atoms with E-state index in [0.29, 0.717) is 6.42 Å². The molecule has 0 spiro atoms. The van der Waals surface area contributed by atoms with Gasteiger partial charge in [0.25, 0.3) is 0 Å². The summed E-state index contributed by atoms with van der Waals surface area (Å²) in [4.78, 5) is 35.5. The summed E-state index contributed by atoms with van der Waals surface area (Å²) in [7, 11) is -3.09. The average molecular weight is 319 g/mol. The normalized spacial score (nSPS) is 28.9. The van der Waals surface area contributed by atoms with E-state index in [0.717, 1.165) is 0 Å². The van der Waals surface area contributed by atoms with Crippen LogP contribution >= 0.6 is 0 Å². The second-order valence-corrected chi connectivity index (χ2v) is 7.46. The molecule has 0 radical (unpaired) electrons. The maximum atomic E-state index is 11.9. The van der Waals surface area contributed by atoms with Crippen molar-refractivity contribution < 1.29 is 27.9 Å². The van der Waals surface area contributed by atoms with E-state index in [2.05, 4.69) is 10.6 Å². The van der Waals surface area contributed by atoms with Crippen LogP contribution in [0.25, 0.3) is 0 Å². The van der Waals surface area contributed by atoms with E-state index in [9.17, 15) is 22.8 Å². The van der Waals surface area contributed by atoms with Gasteiger partial charge in [-0.15, -0.1) is 0 Å². The Hall–Kier alpha value is -1.68. The zero-order valence-corrected chi connectivity index (χ0v) is 12.1. The third kappa shape index (κ3) is 4.14. The number of sulfone groups is 1. The number of nitrogens with zero attached hydrogens (tertiary/aromatic N) is 1. The monoisotopic (exact) mass is 319 g/mol. The number of carboxylic acid groups (broad SMARTS) is 1. The second kappa shape index (κ2) is 5.98. The number of rotatable bonds is 4. The van der Waals surface area contributed by atoms with Crippen molar-refractivity contribution in [2.45, 2.75) is 18.5 Å². The van der Waals surface area contributed by atoms with Gasteiger partial charge in [0.1, 0.15) is 6.04 Å². The number of hydrogen-bond donors (Lipinski definition) is 3. The molecule has 2 rings (SSSR count). The number of hydrogen-bond acceptors (Lipinski definition) is 6. The smallest absolute Gasteiger partial charge is 0.322 e. The number of carbonyl (C=O) groups is 3. The van der Waals surface area contributed by atoms with Gasteiger partial charge in [0, 0.05) is 12.6 Å². The van der Waals surface area contributed by atoms with Crippen molar-refractivity contribution in [1.82, 2.24) is 15.5 Å². The zero-order chi connectivity index (χ0) is 15.6. The highest BCUT2D eigenvalue weighted by atomic mass is 32.2. The molecule has 9 nitrogen and oxygen atoms in total. The SMILES string of the molecule is O=C1CN(CC(=O)NC2CCS(=O)(=O)C2)C(C(=O)O)CN1. The highest BCUT2D eigenvalue weighted by Gasteiger charge is 2.34. The van der Waals surface area contributed by atoms with E-state index >= 15 is 0 Å². The molecule has 2 atom stereocenters. The van der Waals surface area contributed by atoms with Crippen molar-refractivity contribution in [1.29, 1.82) is 0 Å². The molecule has 0 aliphatic carbocycles. The van der Waals surface area contributed by atoms with E-state index in [1.807, 2.05) is 0 Å². The van der Waals surface area contributed by atoms with Gasteiger partial charge in [-0.05, 0) is 6.42 Å². The first kappa shape index (κ1) is 15.7. The molecule has 0 aromatic carbocycles. The third-order valence-electron chi connectivity index (χ3n) is 3.51. The molecule has 2 amide bonds. The van der Waals surface area contributed by atoms with Crippen LogP contribution in [0.15, 0.2) is 0 Å². The summed E-state index contributed by atoms with van der Waals surface area (Å²) in [6.45, 7) is -0.479. The molecule has 2 aliphatic rings. The Bertz CT molecular complexity index is 560. The minimum Gasteiger partial charge on any atom is -0.480 e. The number of piperazine rings is 1. The second-order valence-electron chi connectivity index (χ2n) is 5.23. The van der Waals surface area contributed by atoms with Gasteiger partial charge in [0.05, 0.1) is 24.6 Å². The molecule has 2 heterocycles. The number of amides is 2. The lowest BCUT2D eigenvalue weighted by Crippen LogP contribution is -2.59. The highest BCUT2D eigenvalue weighted by molar-refractivity contribution is 7.91. The quantitative estimate of drug-likeness (QED) is 0.509. The fourth-order valence-electron chi connectivity index (χ4n) is 2.47. The maximum Gasteiger partial charge on any atom is 0.322 e. The van der Waals surface area contributed by atoms with Crippen LogP contribution in [0, 0.1) is 0 Å². The van der Waals surface area contributed by atoms with Crippen LogP contribution < -0.4 is 10.6 Å². The van der Waals surface area contributed by atoms with Crippen LogP contribution in [0.1, 0.15) is 6.42 Å². The predicted octanol–water partition coefficient (Wildman–Crippen LogP) is -2.83. The van der Waals surface area contributed by atoms with Gasteiger partial charge < -0.3 is 15.7 Å². The van der Waals surface area contributed by atoms with Gasteiger partial charge in [0.2, 0.25) is 11.8 Å². The van der Waals surface area contributed by atoms with E-state index in [-0.39, 0.29) is 37.0 Å². The van der Waals surface area contributed by atoms with Crippen molar-refractivity contribution in [3.63, 3.8) is 0 Å². The van der Waals surface area contributed by atoms with Crippen LogP contribution in [0.2, 0.25) is 0 Å². The molecule has 118 valence electrons. The summed E-state index contributed by atoms with van der Waals surface area (Å²) >= 11 is 0. The number of aliphatic carboxylic acids is 1. The van der Waals surface area contributed by atoms with Crippen molar-refractivity contribution in [3.8, 4) is 0 Å². The van der Waals surface area contributed by atoms with Crippen molar-refractivity contribution in [2.24, 2.45) is 0 Å². The van der Waals surface area contributed by atoms with Crippen LogP contribution in [0.3, 0.4) is 0 Å². The van der Waals surface area contributed by atoms with Gasteiger partial charge in [0.15, 0.2) is 9.84 Å². The van der Waals surface area contributed by atoms with Gasteiger partial charge in [-0.3, -0.25) is 19.3 Å². The average Bonchev–Trinajstić information content (AvgIpc) is 2.67. The zero-order valence-electron chi connectivity index (χ0n) is 11.2. The minimum absolute atomic E-state index is 0.0435. The Morgan fingerprint density at radius 2 is 2.14 bits per heavy atom. The Labute approximate surface area is 121 Å². The molecule has 0 aromatic heterocycles. The Morgan fingerprint density at radius 3 is 2.71 bits per heavy atom. The first-order chi connectivity index (χ1) is 9.77. The first-order valence-electron chi connectivity index (χ1n) is 6.50.